The normalized spacial score (nSPS) is 11.7. The van der Waals surface area contributed by atoms with Crippen molar-refractivity contribution < 1.29 is 17.6 Å². The average molecular weight is 364 g/mol. The first-order chi connectivity index (χ1) is 12.9. The molecule has 0 unspecified atom stereocenters. The van der Waals surface area contributed by atoms with Gasteiger partial charge < -0.3 is 4.42 Å². The molecule has 1 heterocycles. The Balaban J connectivity index is 1.87. The summed E-state index contributed by atoms with van der Waals surface area (Å²) in [6.45, 7) is 0. The zero-order valence-electron chi connectivity index (χ0n) is 13.8. The van der Waals surface area contributed by atoms with Crippen molar-refractivity contribution >= 4 is 11.6 Å². The Morgan fingerprint density at radius 2 is 1.56 bits per heavy atom. The van der Waals surface area contributed by atoms with Crippen molar-refractivity contribution in [1.29, 1.82) is 10.5 Å². The first-order valence-electron chi connectivity index (χ1n) is 7.80. The molecule has 0 amide bonds. The summed E-state index contributed by atoms with van der Waals surface area (Å²) in [5.74, 6) is 0.946. The third-order valence-corrected chi connectivity index (χ3v) is 3.86. The second kappa shape index (κ2) is 7.23. The summed E-state index contributed by atoms with van der Waals surface area (Å²) in [7, 11) is 0. The van der Waals surface area contributed by atoms with Crippen LogP contribution in [-0.4, -0.2) is 0 Å². The molecule has 0 saturated carbocycles. The Morgan fingerprint density at radius 3 is 2.11 bits per heavy atom. The monoisotopic (exact) mass is 364 g/mol. The molecule has 6 heteroatoms. The lowest BCUT2D eigenvalue weighted by Gasteiger charge is -2.07. The van der Waals surface area contributed by atoms with Crippen LogP contribution in [0, 0.1) is 22.7 Å². The molecule has 0 N–H and O–H groups in total. The second-order valence-corrected chi connectivity index (χ2v) is 5.64. The van der Waals surface area contributed by atoms with Gasteiger partial charge in [-0.2, -0.15) is 23.7 Å². The van der Waals surface area contributed by atoms with E-state index in [1.54, 1.807) is 36.4 Å². The van der Waals surface area contributed by atoms with Crippen molar-refractivity contribution in [2.24, 2.45) is 0 Å². The molecule has 0 radical (unpaired) electrons. The SMILES string of the molecule is N#C/C(=C/c1ccc(-c2ccc(C#N)cc2)o1)c1ccc(C(F)(F)F)cc1. The summed E-state index contributed by atoms with van der Waals surface area (Å²) in [6.07, 6.45) is -2.96. The third kappa shape index (κ3) is 4.08. The first-order valence-corrected chi connectivity index (χ1v) is 7.80. The van der Waals surface area contributed by atoms with Gasteiger partial charge in [-0.1, -0.05) is 12.1 Å². The molecule has 0 aliphatic carbocycles. The van der Waals surface area contributed by atoms with Crippen LogP contribution in [0.4, 0.5) is 13.2 Å². The molecule has 27 heavy (non-hydrogen) atoms. The molecule has 0 spiro atoms. The smallest absolute Gasteiger partial charge is 0.416 e. The number of nitriles is 2. The number of hydrogen-bond donors (Lipinski definition) is 0. The molecule has 0 atom stereocenters. The number of halogens is 3. The molecule has 0 fully saturated rings. The molecule has 132 valence electrons. The van der Waals surface area contributed by atoms with Crippen LogP contribution in [0.25, 0.3) is 23.0 Å². The summed E-state index contributed by atoms with van der Waals surface area (Å²) < 4.78 is 43.6. The van der Waals surface area contributed by atoms with Gasteiger partial charge in [-0.05, 0) is 60.2 Å². The van der Waals surface area contributed by atoms with E-state index < -0.39 is 11.7 Å². The number of benzene rings is 2. The largest absolute Gasteiger partial charge is 0.457 e. The van der Waals surface area contributed by atoms with E-state index in [0.29, 0.717) is 22.6 Å². The van der Waals surface area contributed by atoms with Crippen molar-refractivity contribution in [1.82, 2.24) is 0 Å². The minimum atomic E-state index is -4.42. The van der Waals surface area contributed by atoms with Gasteiger partial charge in [-0.15, -0.1) is 0 Å². The van der Waals surface area contributed by atoms with E-state index in [1.807, 2.05) is 12.1 Å². The molecular formula is C21H11F3N2O. The molecule has 3 nitrogen and oxygen atoms in total. The van der Waals surface area contributed by atoms with Crippen LogP contribution >= 0.6 is 0 Å². The lowest BCUT2D eigenvalue weighted by Crippen LogP contribution is -2.04. The highest BCUT2D eigenvalue weighted by Gasteiger charge is 2.30. The fourth-order valence-electron chi connectivity index (χ4n) is 2.46. The van der Waals surface area contributed by atoms with Crippen LogP contribution in [0.3, 0.4) is 0 Å². The summed E-state index contributed by atoms with van der Waals surface area (Å²) in [6, 6.07) is 18.6. The van der Waals surface area contributed by atoms with Crippen LogP contribution in [0.2, 0.25) is 0 Å². The number of alkyl halides is 3. The Labute approximate surface area is 153 Å². The van der Waals surface area contributed by atoms with Crippen molar-refractivity contribution in [3.63, 3.8) is 0 Å². The number of hydrogen-bond acceptors (Lipinski definition) is 3. The molecule has 3 rings (SSSR count). The second-order valence-electron chi connectivity index (χ2n) is 5.64. The topological polar surface area (TPSA) is 60.7 Å². The zero-order chi connectivity index (χ0) is 19.4. The quantitative estimate of drug-likeness (QED) is 0.544. The zero-order valence-corrected chi connectivity index (χ0v) is 13.8. The van der Waals surface area contributed by atoms with Crippen LogP contribution in [0.1, 0.15) is 22.5 Å². The predicted octanol–water partition coefficient (Wildman–Crippen LogP) is 5.90. The van der Waals surface area contributed by atoms with E-state index in [9.17, 15) is 18.4 Å². The van der Waals surface area contributed by atoms with Crippen LogP contribution in [-0.2, 0) is 6.18 Å². The summed E-state index contributed by atoms with van der Waals surface area (Å²) in [4.78, 5) is 0. The standard InChI is InChI=1S/C21H11F3N2O/c22-21(23,24)18-7-5-15(6-8-18)17(13-26)11-19-9-10-20(27-19)16-3-1-14(12-25)2-4-16/h1-11H/b17-11-. The summed E-state index contributed by atoms with van der Waals surface area (Å²) in [5.41, 5.74) is 1.07. The maximum atomic E-state index is 12.6. The van der Waals surface area contributed by atoms with Gasteiger partial charge in [0, 0.05) is 5.56 Å². The van der Waals surface area contributed by atoms with E-state index in [1.165, 1.54) is 18.2 Å². The highest BCUT2D eigenvalue weighted by Crippen LogP contribution is 2.31. The van der Waals surface area contributed by atoms with Gasteiger partial charge in [0.05, 0.1) is 28.8 Å². The van der Waals surface area contributed by atoms with Gasteiger partial charge in [-0.25, -0.2) is 0 Å². The molecule has 0 aliphatic rings. The van der Waals surface area contributed by atoms with E-state index >= 15 is 0 Å². The number of nitrogens with zero attached hydrogens (tertiary/aromatic N) is 2. The molecule has 0 aliphatic heterocycles. The molecule has 1 aromatic heterocycles. The number of allylic oxidation sites excluding steroid dienone is 1. The van der Waals surface area contributed by atoms with Crippen LogP contribution in [0.5, 0.6) is 0 Å². The van der Waals surface area contributed by atoms with E-state index in [-0.39, 0.29) is 5.57 Å². The Bertz CT molecular complexity index is 1060. The molecule has 0 bridgehead atoms. The molecule has 2 aromatic carbocycles. The minimum Gasteiger partial charge on any atom is -0.457 e. The predicted molar refractivity (Wildman–Crippen MR) is 93.8 cm³/mol. The number of furan rings is 1. The van der Waals surface area contributed by atoms with Gasteiger partial charge >= 0.3 is 6.18 Å². The van der Waals surface area contributed by atoms with Gasteiger partial charge in [0.2, 0.25) is 0 Å². The molecular weight excluding hydrogens is 353 g/mol. The van der Waals surface area contributed by atoms with Crippen LogP contribution in [0.15, 0.2) is 65.1 Å². The number of rotatable bonds is 3. The van der Waals surface area contributed by atoms with Crippen molar-refractivity contribution in [2.45, 2.75) is 6.18 Å². The average Bonchev–Trinajstić information content (AvgIpc) is 3.14. The lowest BCUT2D eigenvalue weighted by atomic mass is 10.0. The first kappa shape index (κ1) is 18.0. The fraction of sp³-hybridized carbons (Fsp3) is 0.0476. The highest BCUT2D eigenvalue weighted by molar-refractivity contribution is 5.88. The minimum absolute atomic E-state index is 0.185. The molecule has 3 aromatic rings. The fourth-order valence-corrected chi connectivity index (χ4v) is 2.46. The Kier molecular flexibility index (Phi) is 4.83. The van der Waals surface area contributed by atoms with Crippen LogP contribution < -0.4 is 0 Å². The lowest BCUT2D eigenvalue weighted by molar-refractivity contribution is -0.137. The van der Waals surface area contributed by atoms with Gasteiger partial charge in [0.1, 0.15) is 11.5 Å². The summed E-state index contributed by atoms with van der Waals surface area (Å²) in [5, 5.41) is 18.2. The third-order valence-electron chi connectivity index (χ3n) is 3.86. The Morgan fingerprint density at radius 1 is 0.889 bits per heavy atom. The van der Waals surface area contributed by atoms with E-state index in [0.717, 1.165) is 17.7 Å². The highest BCUT2D eigenvalue weighted by atomic mass is 19.4. The van der Waals surface area contributed by atoms with Crippen molar-refractivity contribution in [3.05, 3.63) is 83.1 Å². The van der Waals surface area contributed by atoms with Crippen molar-refractivity contribution in [2.75, 3.05) is 0 Å². The van der Waals surface area contributed by atoms with E-state index in [4.69, 9.17) is 9.68 Å². The van der Waals surface area contributed by atoms with E-state index in [2.05, 4.69) is 0 Å². The summed E-state index contributed by atoms with van der Waals surface area (Å²) >= 11 is 0. The Hall–Kier alpha value is -3.77. The maximum Gasteiger partial charge on any atom is 0.416 e. The van der Waals surface area contributed by atoms with Gasteiger partial charge in [0.25, 0.3) is 0 Å². The van der Waals surface area contributed by atoms with Gasteiger partial charge in [0.15, 0.2) is 0 Å². The maximum absolute atomic E-state index is 12.6. The van der Waals surface area contributed by atoms with Gasteiger partial charge in [-0.3, -0.25) is 0 Å². The molecule has 0 saturated heterocycles. The van der Waals surface area contributed by atoms with Crippen molar-refractivity contribution in [3.8, 4) is 23.5 Å².